The van der Waals surface area contributed by atoms with E-state index >= 15 is 0 Å². The van der Waals surface area contributed by atoms with Crippen LogP contribution in [0.2, 0.25) is 4.34 Å². The van der Waals surface area contributed by atoms with Crippen LogP contribution < -0.4 is 5.32 Å². The first kappa shape index (κ1) is 13.9. The van der Waals surface area contributed by atoms with Gasteiger partial charge in [0.2, 0.25) is 0 Å². The van der Waals surface area contributed by atoms with Crippen molar-refractivity contribution in [3.05, 3.63) is 21.3 Å². The van der Waals surface area contributed by atoms with Gasteiger partial charge < -0.3 is 5.32 Å². The molecule has 2 atom stereocenters. The van der Waals surface area contributed by atoms with Gasteiger partial charge in [-0.2, -0.15) is 0 Å². The van der Waals surface area contributed by atoms with E-state index in [-0.39, 0.29) is 0 Å². The van der Waals surface area contributed by atoms with Gasteiger partial charge >= 0.3 is 0 Å². The number of halogens is 1. The van der Waals surface area contributed by atoms with Crippen LogP contribution in [0.4, 0.5) is 0 Å². The first-order chi connectivity index (χ1) is 9.07. The van der Waals surface area contributed by atoms with Crippen LogP contribution in [0.5, 0.6) is 0 Å². The molecule has 2 unspecified atom stereocenters. The molecule has 1 aliphatic heterocycles. The quantitative estimate of drug-likeness (QED) is 0.914. The molecule has 0 radical (unpaired) electrons. The molecule has 3 rings (SSSR count). The lowest BCUT2D eigenvalue weighted by Crippen LogP contribution is -2.51. The summed E-state index contributed by atoms with van der Waals surface area (Å²) in [4.78, 5) is 4.03. The van der Waals surface area contributed by atoms with Crippen molar-refractivity contribution < 1.29 is 0 Å². The Morgan fingerprint density at radius 1 is 1.42 bits per heavy atom. The van der Waals surface area contributed by atoms with Gasteiger partial charge in [-0.05, 0) is 57.7 Å². The van der Waals surface area contributed by atoms with E-state index in [1.165, 1.54) is 24.1 Å². The Morgan fingerprint density at radius 3 is 2.84 bits per heavy atom. The number of hydrogen-bond acceptors (Lipinski definition) is 3. The van der Waals surface area contributed by atoms with E-state index in [9.17, 15) is 0 Å². The molecule has 0 amide bonds. The second-order valence-electron chi connectivity index (χ2n) is 6.37. The average molecular weight is 299 g/mol. The number of nitrogens with zero attached hydrogens (tertiary/aromatic N) is 1. The fraction of sp³-hybridized carbons (Fsp3) is 0.733. The van der Waals surface area contributed by atoms with Gasteiger partial charge in [-0.15, -0.1) is 11.3 Å². The lowest BCUT2D eigenvalue weighted by molar-refractivity contribution is 0.156. The zero-order valence-electron chi connectivity index (χ0n) is 11.8. The molecule has 1 N–H and O–H groups in total. The van der Waals surface area contributed by atoms with E-state index in [0.29, 0.717) is 11.6 Å². The molecule has 19 heavy (non-hydrogen) atoms. The molecule has 0 aromatic carbocycles. The van der Waals surface area contributed by atoms with Crippen molar-refractivity contribution in [1.29, 1.82) is 0 Å². The molecule has 2 heterocycles. The summed E-state index contributed by atoms with van der Waals surface area (Å²) < 4.78 is 0.903. The van der Waals surface area contributed by atoms with Gasteiger partial charge in [-0.3, -0.25) is 4.90 Å². The second-order valence-corrected chi connectivity index (χ2v) is 8.17. The molecule has 106 valence electrons. The van der Waals surface area contributed by atoms with Gasteiger partial charge in [-0.25, -0.2) is 0 Å². The molecular formula is C15H23ClN2S. The molecule has 2 aliphatic rings. The molecule has 4 heteroatoms. The summed E-state index contributed by atoms with van der Waals surface area (Å²) in [7, 11) is 0. The minimum atomic E-state index is 0.311. The highest BCUT2D eigenvalue weighted by atomic mass is 35.5. The maximum Gasteiger partial charge on any atom is 0.0931 e. The topological polar surface area (TPSA) is 15.3 Å². The summed E-state index contributed by atoms with van der Waals surface area (Å²) >= 11 is 7.77. The molecule has 1 aromatic rings. The second kappa shape index (κ2) is 5.36. The summed E-state index contributed by atoms with van der Waals surface area (Å²) in [5.41, 5.74) is 0.311. The van der Waals surface area contributed by atoms with Crippen LogP contribution in [-0.2, 0) is 6.54 Å². The van der Waals surface area contributed by atoms with Crippen LogP contribution in [0.25, 0.3) is 0 Å². The normalized spacial score (nSPS) is 33.3. The molecule has 1 saturated carbocycles. The summed E-state index contributed by atoms with van der Waals surface area (Å²) in [6.07, 6.45) is 4.04. The fourth-order valence-corrected chi connectivity index (χ4v) is 4.34. The maximum absolute atomic E-state index is 6.05. The van der Waals surface area contributed by atoms with Gasteiger partial charge in [0.25, 0.3) is 0 Å². The summed E-state index contributed by atoms with van der Waals surface area (Å²) in [6, 6.07) is 4.84. The third kappa shape index (κ3) is 3.15. The Kier molecular flexibility index (Phi) is 3.91. The van der Waals surface area contributed by atoms with E-state index in [0.717, 1.165) is 29.9 Å². The number of hydrogen-bond donors (Lipinski definition) is 1. The Hall–Kier alpha value is -0.0900. The Bertz CT molecular complexity index is 443. The third-order valence-electron chi connectivity index (χ3n) is 4.71. The molecule has 2 fully saturated rings. The van der Waals surface area contributed by atoms with Crippen molar-refractivity contribution in [3.63, 3.8) is 0 Å². The number of nitrogens with one attached hydrogen (secondary N) is 1. The molecular weight excluding hydrogens is 276 g/mol. The Balaban J connectivity index is 1.73. The van der Waals surface area contributed by atoms with Crippen LogP contribution in [0.3, 0.4) is 0 Å². The number of rotatable bonds is 3. The highest BCUT2D eigenvalue weighted by molar-refractivity contribution is 7.16. The monoisotopic (exact) mass is 298 g/mol. The molecule has 2 nitrogen and oxygen atoms in total. The predicted molar refractivity (Wildman–Crippen MR) is 82.9 cm³/mol. The first-order valence-corrected chi connectivity index (χ1v) is 8.49. The fourth-order valence-electron chi connectivity index (χ4n) is 3.23. The predicted octanol–water partition coefficient (Wildman–Crippen LogP) is 3.75. The standard InChI is InChI=1S/C15H23ClN2S/c1-11-7-8-17-15(2,12-3-4-12)10-18(11)9-13-5-6-14(16)19-13/h5-6,11-12,17H,3-4,7-10H2,1-2H3. The van der Waals surface area contributed by atoms with E-state index in [2.05, 4.69) is 30.1 Å². The lowest BCUT2D eigenvalue weighted by atomic mass is 9.95. The van der Waals surface area contributed by atoms with Crippen molar-refractivity contribution in [2.75, 3.05) is 13.1 Å². The summed E-state index contributed by atoms with van der Waals surface area (Å²) in [5, 5.41) is 3.81. The molecule has 1 aliphatic carbocycles. The van der Waals surface area contributed by atoms with Gasteiger partial charge in [0.05, 0.1) is 4.34 Å². The molecule has 1 saturated heterocycles. The molecule has 0 bridgehead atoms. The van der Waals surface area contributed by atoms with E-state index < -0.39 is 0 Å². The van der Waals surface area contributed by atoms with Crippen molar-refractivity contribution in [2.24, 2.45) is 5.92 Å². The van der Waals surface area contributed by atoms with Gasteiger partial charge in [0.15, 0.2) is 0 Å². The van der Waals surface area contributed by atoms with E-state index in [4.69, 9.17) is 11.6 Å². The van der Waals surface area contributed by atoms with Crippen LogP contribution in [-0.4, -0.2) is 29.6 Å². The summed E-state index contributed by atoms with van der Waals surface area (Å²) in [6.45, 7) is 8.12. The minimum absolute atomic E-state index is 0.311. The maximum atomic E-state index is 6.05. The highest BCUT2D eigenvalue weighted by Crippen LogP contribution is 2.41. The Morgan fingerprint density at radius 2 is 2.21 bits per heavy atom. The SMILES string of the molecule is CC1CCNC(C)(C2CC2)CN1Cc1ccc(Cl)s1. The molecule has 1 aromatic heterocycles. The molecule has 0 spiro atoms. The van der Waals surface area contributed by atoms with Crippen molar-refractivity contribution in [1.82, 2.24) is 10.2 Å². The first-order valence-electron chi connectivity index (χ1n) is 7.30. The zero-order valence-corrected chi connectivity index (χ0v) is 13.4. The van der Waals surface area contributed by atoms with Crippen LogP contribution in [0.1, 0.15) is 38.0 Å². The minimum Gasteiger partial charge on any atom is -0.310 e. The third-order valence-corrected chi connectivity index (χ3v) is 5.93. The van der Waals surface area contributed by atoms with Crippen molar-refractivity contribution in [2.45, 2.75) is 51.2 Å². The van der Waals surface area contributed by atoms with Gasteiger partial charge in [0, 0.05) is 29.5 Å². The zero-order chi connectivity index (χ0) is 13.5. The summed E-state index contributed by atoms with van der Waals surface area (Å²) in [5.74, 6) is 0.882. The Labute approximate surface area is 125 Å². The van der Waals surface area contributed by atoms with Gasteiger partial charge in [-0.1, -0.05) is 11.6 Å². The largest absolute Gasteiger partial charge is 0.310 e. The number of thiophene rings is 1. The average Bonchev–Trinajstić information content (AvgIpc) is 3.14. The van der Waals surface area contributed by atoms with Crippen molar-refractivity contribution >= 4 is 22.9 Å². The van der Waals surface area contributed by atoms with Crippen LogP contribution in [0.15, 0.2) is 12.1 Å². The van der Waals surface area contributed by atoms with Crippen molar-refractivity contribution in [3.8, 4) is 0 Å². The highest BCUT2D eigenvalue weighted by Gasteiger charge is 2.43. The van der Waals surface area contributed by atoms with E-state index in [1.807, 2.05) is 6.07 Å². The van der Waals surface area contributed by atoms with Crippen LogP contribution in [0, 0.1) is 5.92 Å². The van der Waals surface area contributed by atoms with E-state index in [1.54, 1.807) is 11.3 Å². The lowest BCUT2D eigenvalue weighted by Gasteiger charge is -2.35. The van der Waals surface area contributed by atoms with Gasteiger partial charge in [0.1, 0.15) is 0 Å². The smallest absolute Gasteiger partial charge is 0.0931 e. The van der Waals surface area contributed by atoms with Crippen LogP contribution >= 0.6 is 22.9 Å².